The van der Waals surface area contributed by atoms with Crippen LogP contribution in [-0.4, -0.2) is 35.4 Å². The van der Waals surface area contributed by atoms with Gasteiger partial charge < -0.3 is 14.2 Å². The van der Waals surface area contributed by atoms with Crippen LogP contribution in [-0.2, 0) is 22.3 Å². The SMILES string of the molecule is COc1ccc(Cn2c(=O)n(C3CCCC3OC(C)=O)c3ccc(C(F)(F)F)cc32)cc1OC. The Bertz CT molecular complexity index is 1280. The number of rotatable bonds is 6. The average Bonchev–Trinajstić information content (AvgIpc) is 3.33. The standard InChI is InChI=1S/C24H25F3N2O5/c1-14(30)34-20-6-4-5-18(20)29-17-9-8-16(24(25,26)27)12-19(17)28(23(29)31)13-15-7-10-21(32-2)22(11-15)33-3/h7-12,18,20H,4-6,13H2,1-3H3. The highest BCUT2D eigenvalue weighted by Crippen LogP contribution is 2.36. The molecular weight excluding hydrogens is 453 g/mol. The number of carbonyl (C=O) groups is 1. The maximum Gasteiger partial charge on any atom is 0.416 e. The Balaban J connectivity index is 1.87. The molecule has 0 bridgehead atoms. The lowest BCUT2D eigenvalue weighted by Crippen LogP contribution is -2.33. The minimum atomic E-state index is -4.56. The lowest BCUT2D eigenvalue weighted by Gasteiger charge is -2.21. The Hall–Kier alpha value is -3.43. The van der Waals surface area contributed by atoms with E-state index in [2.05, 4.69) is 0 Å². The Morgan fingerprint density at radius 3 is 2.41 bits per heavy atom. The number of benzene rings is 2. The number of aromatic nitrogens is 2. The Morgan fingerprint density at radius 1 is 1.03 bits per heavy atom. The van der Waals surface area contributed by atoms with Gasteiger partial charge in [-0.1, -0.05) is 6.07 Å². The maximum atomic E-state index is 13.6. The predicted molar refractivity (Wildman–Crippen MR) is 118 cm³/mol. The summed E-state index contributed by atoms with van der Waals surface area (Å²) in [5.41, 5.74) is -0.140. The summed E-state index contributed by atoms with van der Waals surface area (Å²) in [6.07, 6.45) is -3.18. The van der Waals surface area contributed by atoms with Crippen LogP contribution in [0, 0.1) is 0 Å². The van der Waals surface area contributed by atoms with Crippen LogP contribution >= 0.6 is 0 Å². The topological polar surface area (TPSA) is 71.7 Å². The molecule has 34 heavy (non-hydrogen) atoms. The molecular formula is C24H25F3N2O5. The average molecular weight is 478 g/mol. The predicted octanol–water partition coefficient (Wildman–Crippen LogP) is 4.54. The van der Waals surface area contributed by atoms with Gasteiger partial charge in [-0.3, -0.25) is 13.9 Å². The number of imidazole rings is 1. The monoisotopic (exact) mass is 478 g/mol. The van der Waals surface area contributed by atoms with Gasteiger partial charge in [0.1, 0.15) is 6.10 Å². The molecule has 1 aliphatic rings. The van der Waals surface area contributed by atoms with Crippen molar-refractivity contribution in [3.8, 4) is 11.5 Å². The first-order chi connectivity index (χ1) is 16.1. The van der Waals surface area contributed by atoms with Crippen molar-refractivity contribution >= 4 is 17.0 Å². The second-order valence-electron chi connectivity index (χ2n) is 8.28. The molecule has 2 unspecified atom stereocenters. The summed E-state index contributed by atoms with van der Waals surface area (Å²) in [5.74, 6) is 0.479. The molecule has 2 atom stereocenters. The highest BCUT2D eigenvalue weighted by molar-refractivity contribution is 5.77. The van der Waals surface area contributed by atoms with Crippen molar-refractivity contribution in [2.75, 3.05) is 14.2 Å². The summed E-state index contributed by atoms with van der Waals surface area (Å²) in [7, 11) is 2.97. The van der Waals surface area contributed by atoms with Crippen LogP contribution in [0.3, 0.4) is 0 Å². The van der Waals surface area contributed by atoms with Gasteiger partial charge in [0.05, 0.1) is 43.4 Å². The van der Waals surface area contributed by atoms with Gasteiger partial charge in [0, 0.05) is 6.92 Å². The summed E-state index contributed by atoms with van der Waals surface area (Å²) in [5, 5.41) is 0. The Labute approximate surface area is 193 Å². The Morgan fingerprint density at radius 2 is 1.76 bits per heavy atom. The van der Waals surface area contributed by atoms with Crippen molar-refractivity contribution in [3.05, 3.63) is 58.0 Å². The minimum absolute atomic E-state index is 0.0228. The van der Waals surface area contributed by atoms with Gasteiger partial charge in [0.25, 0.3) is 0 Å². The number of fused-ring (bicyclic) bond motifs is 1. The zero-order valence-corrected chi connectivity index (χ0v) is 19.0. The van der Waals surface area contributed by atoms with Crippen LogP contribution in [0.5, 0.6) is 11.5 Å². The molecule has 1 fully saturated rings. The van der Waals surface area contributed by atoms with E-state index in [0.29, 0.717) is 35.4 Å². The van der Waals surface area contributed by atoms with Crippen molar-refractivity contribution < 1.29 is 32.2 Å². The van der Waals surface area contributed by atoms with Crippen LogP contribution in [0.25, 0.3) is 11.0 Å². The molecule has 10 heteroatoms. The van der Waals surface area contributed by atoms with E-state index in [0.717, 1.165) is 18.6 Å². The van der Waals surface area contributed by atoms with Crippen LogP contribution < -0.4 is 15.2 Å². The van der Waals surface area contributed by atoms with Crippen molar-refractivity contribution in [1.82, 2.24) is 9.13 Å². The summed E-state index contributed by atoms with van der Waals surface area (Å²) < 4.78 is 59.2. The van der Waals surface area contributed by atoms with Gasteiger partial charge in [0.2, 0.25) is 0 Å². The molecule has 0 amide bonds. The zero-order chi connectivity index (χ0) is 24.6. The second-order valence-corrected chi connectivity index (χ2v) is 8.28. The summed E-state index contributed by atoms with van der Waals surface area (Å²) in [6, 6.07) is 7.89. The molecule has 0 N–H and O–H groups in total. The normalized spacial score (nSPS) is 18.3. The van der Waals surface area contributed by atoms with Gasteiger partial charge in [0.15, 0.2) is 11.5 Å². The van der Waals surface area contributed by atoms with Crippen molar-refractivity contribution in [2.45, 2.75) is 51.1 Å². The van der Waals surface area contributed by atoms with E-state index < -0.39 is 35.5 Å². The lowest BCUT2D eigenvalue weighted by molar-refractivity contribution is -0.147. The van der Waals surface area contributed by atoms with Crippen molar-refractivity contribution in [3.63, 3.8) is 0 Å². The number of methoxy groups -OCH3 is 2. The zero-order valence-electron chi connectivity index (χ0n) is 19.0. The van der Waals surface area contributed by atoms with E-state index in [1.165, 1.54) is 36.3 Å². The maximum absolute atomic E-state index is 13.6. The number of carbonyl (C=O) groups excluding carboxylic acids is 1. The summed E-state index contributed by atoms with van der Waals surface area (Å²) >= 11 is 0. The fraction of sp³-hybridized carbons (Fsp3) is 0.417. The van der Waals surface area contributed by atoms with E-state index in [1.54, 1.807) is 18.2 Å². The molecule has 0 spiro atoms. The molecule has 1 aromatic heterocycles. The van der Waals surface area contributed by atoms with E-state index in [9.17, 15) is 22.8 Å². The first kappa shape index (κ1) is 23.7. The van der Waals surface area contributed by atoms with Crippen molar-refractivity contribution in [1.29, 1.82) is 0 Å². The summed E-state index contributed by atoms with van der Waals surface area (Å²) in [4.78, 5) is 25.2. The van der Waals surface area contributed by atoms with Gasteiger partial charge in [-0.15, -0.1) is 0 Å². The van der Waals surface area contributed by atoms with E-state index >= 15 is 0 Å². The number of ether oxygens (including phenoxy) is 3. The first-order valence-electron chi connectivity index (χ1n) is 10.8. The largest absolute Gasteiger partial charge is 0.493 e. The Kier molecular flexibility index (Phi) is 6.33. The third-order valence-corrected chi connectivity index (χ3v) is 6.15. The van der Waals surface area contributed by atoms with Crippen LogP contribution in [0.1, 0.15) is 43.4 Å². The van der Waals surface area contributed by atoms with E-state index in [1.807, 2.05) is 0 Å². The molecule has 1 aliphatic carbocycles. The number of nitrogens with zero attached hydrogens (tertiary/aromatic N) is 2. The van der Waals surface area contributed by atoms with Crippen LogP contribution in [0.4, 0.5) is 13.2 Å². The molecule has 0 radical (unpaired) electrons. The van der Waals surface area contributed by atoms with Gasteiger partial charge in [-0.05, 0) is 55.2 Å². The molecule has 0 aliphatic heterocycles. The number of hydrogen-bond donors (Lipinski definition) is 0. The van der Waals surface area contributed by atoms with E-state index in [4.69, 9.17) is 14.2 Å². The quantitative estimate of drug-likeness (QED) is 0.487. The second kappa shape index (κ2) is 9.08. The highest BCUT2D eigenvalue weighted by Gasteiger charge is 2.36. The molecule has 3 aromatic rings. The smallest absolute Gasteiger partial charge is 0.416 e. The van der Waals surface area contributed by atoms with Gasteiger partial charge >= 0.3 is 17.8 Å². The van der Waals surface area contributed by atoms with Crippen LogP contribution in [0.15, 0.2) is 41.2 Å². The number of esters is 1. The minimum Gasteiger partial charge on any atom is -0.493 e. The van der Waals surface area contributed by atoms with Crippen LogP contribution in [0.2, 0.25) is 0 Å². The molecule has 182 valence electrons. The number of alkyl halides is 3. The molecule has 4 rings (SSSR count). The number of hydrogen-bond acceptors (Lipinski definition) is 5. The summed E-state index contributed by atoms with van der Waals surface area (Å²) in [6.45, 7) is 1.32. The molecule has 1 saturated carbocycles. The number of halogens is 3. The fourth-order valence-corrected chi connectivity index (χ4v) is 4.64. The van der Waals surface area contributed by atoms with Gasteiger partial charge in [-0.2, -0.15) is 13.2 Å². The molecule has 1 heterocycles. The lowest BCUT2D eigenvalue weighted by atomic mass is 10.1. The highest BCUT2D eigenvalue weighted by atomic mass is 19.4. The van der Waals surface area contributed by atoms with Crippen molar-refractivity contribution in [2.24, 2.45) is 0 Å². The molecule has 2 aromatic carbocycles. The fourth-order valence-electron chi connectivity index (χ4n) is 4.64. The third kappa shape index (κ3) is 4.36. The van der Waals surface area contributed by atoms with E-state index in [-0.39, 0.29) is 12.1 Å². The third-order valence-electron chi connectivity index (χ3n) is 6.15. The molecule has 0 saturated heterocycles. The first-order valence-corrected chi connectivity index (χ1v) is 10.8. The van der Waals surface area contributed by atoms with Gasteiger partial charge in [-0.25, -0.2) is 4.79 Å². The molecule has 7 nitrogen and oxygen atoms in total.